The van der Waals surface area contributed by atoms with E-state index in [4.69, 9.17) is 11.6 Å². The molecule has 5 heteroatoms. The van der Waals surface area contributed by atoms with Gasteiger partial charge in [0.05, 0.1) is 11.5 Å². The lowest BCUT2D eigenvalue weighted by molar-refractivity contribution is 0.469. The van der Waals surface area contributed by atoms with Crippen LogP contribution in [-0.2, 0) is 16.3 Å². The zero-order valence-electron chi connectivity index (χ0n) is 10.4. The van der Waals surface area contributed by atoms with E-state index in [1.807, 2.05) is 24.3 Å². The van der Waals surface area contributed by atoms with Crippen LogP contribution in [0.2, 0.25) is 5.02 Å². The van der Waals surface area contributed by atoms with Crippen LogP contribution in [0.5, 0.6) is 0 Å². The molecule has 0 unspecified atom stereocenters. The van der Waals surface area contributed by atoms with Crippen molar-refractivity contribution in [1.29, 1.82) is 0 Å². The minimum atomic E-state index is -2.80. The normalized spacial score (nSPS) is 24.0. The first kappa shape index (κ1) is 13.8. The smallest absolute Gasteiger partial charge is 0.151 e. The van der Waals surface area contributed by atoms with E-state index in [0.29, 0.717) is 5.75 Å². The van der Waals surface area contributed by atoms with Gasteiger partial charge in [-0.2, -0.15) is 0 Å². The highest BCUT2D eigenvalue weighted by molar-refractivity contribution is 7.91. The molecule has 0 spiro atoms. The second kappa shape index (κ2) is 5.59. The molecular weight excluding hydrogens is 270 g/mol. The Balaban J connectivity index is 1.86. The van der Waals surface area contributed by atoms with Crippen LogP contribution in [0.25, 0.3) is 0 Å². The van der Waals surface area contributed by atoms with Crippen LogP contribution in [0.15, 0.2) is 24.3 Å². The van der Waals surface area contributed by atoms with Crippen molar-refractivity contribution in [3.63, 3.8) is 0 Å². The number of sulfone groups is 1. The minimum absolute atomic E-state index is 0.109. The van der Waals surface area contributed by atoms with Gasteiger partial charge in [-0.25, -0.2) is 8.42 Å². The number of nitrogens with one attached hydrogen (secondary N) is 1. The molecule has 1 aliphatic rings. The van der Waals surface area contributed by atoms with E-state index in [0.717, 1.165) is 17.9 Å². The van der Waals surface area contributed by atoms with Gasteiger partial charge in [-0.1, -0.05) is 23.7 Å². The molecule has 0 aromatic heterocycles. The molecule has 3 nitrogen and oxygen atoms in total. The third-order valence-electron chi connectivity index (χ3n) is 3.21. The van der Waals surface area contributed by atoms with Crippen LogP contribution in [0.3, 0.4) is 0 Å². The molecule has 1 N–H and O–H groups in total. The summed E-state index contributed by atoms with van der Waals surface area (Å²) in [4.78, 5) is 0. The van der Waals surface area contributed by atoms with Crippen LogP contribution in [0.4, 0.5) is 0 Å². The van der Waals surface area contributed by atoms with Gasteiger partial charge in [0.1, 0.15) is 0 Å². The SMILES string of the molecule is C[C@H](Cc1ccc(Cl)cc1)N[C@@H]1CCS(=O)(=O)C1. The number of rotatable bonds is 4. The minimum Gasteiger partial charge on any atom is -0.310 e. The highest BCUT2D eigenvalue weighted by Gasteiger charge is 2.28. The fourth-order valence-electron chi connectivity index (χ4n) is 2.36. The summed E-state index contributed by atoms with van der Waals surface area (Å²) in [5, 5.41) is 4.12. The van der Waals surface area contributed by atoms with E-state index in [9.17, 15) is 8.42 Å². The van der Waals surface area contributed by atoms with Gasteiger partial charge in [0, 0.05) is 17.1 Å². The van der Waals surface area contributed by atoms with Gasteiger partial charge in [-0.15, -0.1) is 0 Å². The van der Waals surface area contributed by atoms with Gasteiger partial charge in [-0.3, -0.25) is 0 Å². The summed E-state index contributed by atoms with van der Waals surface area (Å²) in [6.07, 6.45) is 1.61. The van der Waals surface area contributed by atoms with E-state index in [2.05, 4.69) is 12.2 Å². The molecule has 100 valence electrons. The van der Waals surface area contributed by atoms with Crippen molar-refractivity contribution >= 4 is 21.4 Å². The molecule has 18 heavy (non-hydrogen) atoms. The van der Waals surface area contributed by atoms with Crippen molar-refractivity contribution in [2.45, 2.75) is 31.8 Å². The van der Waals surface area contributed by atoms with E-state index >= 15 is 0 Å². The number of hydrogen-bond acceptors (Lipinski definition) is 3. The average molecular weight is 288 g/mol. The predicted octanol–water partition coefficient (Wildman–Crippen LogP) is 2.05. The average Bonchev–Trinajstić information content (AvgIpc) is 2.61. The van der Waals surface area contributed by atoms with Crippen molar-refractivity contribution in [3.8, 4) is 0 Å². The Kier molecular flexibility index (Phi) is 4.30. The molecule has 0 radical (unpaired) electrons. The lowest BCUT2D eigenvalue weighted by atomic mass is 10.1. The quantitative estimate of drug-likeness (QED) is 0.922. The van der Waals surface area contributed by atoms with Crippen LogP contribution in [0, 0.1) is 0 Å². The number of halogens is 1. The lowest BCUT2D eigenvalue weighted by Gasteiger charge is -2.18. The Morgan fingerprint density at radius 2 is 2.06 bits per heavy atom. The first-order valence-electron chi connectivity index (χ1n) is 6.15. The molecule has 1 heterocycles. The van der Waals surface area contributed by atoms with Crippen molar-refractivity contribution in [2.24, 2.45) is 0 Å². The summed E-state index contributed by atoms with van der Waals surface area (Å²) >= 11 is 5.83. The maximum absolute atomic E-state index is 11.4. The maximum Gasteiger partial charge on any atom is 0.151 e. The Bertz CT molecular complexity index is 498. The molecule has 2 rings (SSSR count). The van der Waals surface area contributed by atoms with Crippen LogP contribution < -0.4 is 5.32 Å². The van der Waals surface area contributed by atoms with Gasteiger partial charge in [0.2, 0.25) is 0 Å². The highest BCUT2D eigenvalue weighted by Crippen LogP contribution is 2.14. The molecule has 1 fully saturated rings. The summed E-state index contributed by atoms with van der Waals surface area (Å²) in [5.41, 5.74) is 1.21. The zero-order chi connectivity index (χ0) is 13.2. The van der Waals surface area contributed by atoms with E-state index in [-0.39, 0.29) is 17.8 Å². The first-order chi connectivity index (χ1) is 8.44. The summed E-state index contributed by atoms with van der Waals surface area (Å²) in [7, 11) is -2.80. The molecule has 0 saturated carbocycles. The second-order valence-electron chi connectivity index (χ2n) is 5.00. The van der Waals surface area contributed by atoms with Crippen molar-refractivity contribution in [2.75, 3.05) is 11.5 Å². The molecule has 1 aromatic rings. The second-order valence-corrected chi connectivity index (χ2v) is 7.66. The van der Waals surface area contributed by atoms with Crippen LogP contribution >= 0.6 is 11.6 Å². The predicted molar refractivity (Wildman–Crippen MR) is 74.8 cm³/mol. The van der Waals surface area contributed by atoms with Crippen LogP contribution in [0.1, 0.15) is 18.9 Å². The Morgan fingerprint density at radius 1 is 1.39 bits per heavy atom. The third-order valence-corrected chi connectivity index (χ3v) is 5.23. The molecule has 1 aliphatic heterocycles. The molecule has 1 aromatic carbocycles. The van der Waals surface area contributed by atoms with E-state index in [1.165, 1.54) is 5.56 Å². The summed E-state index contributed by atoms with van der Waals surface area (Å²) in [6, 6.07) is 8.15. The van der Waals surface area contributed by atoms with Gasteiger partial charge < -0.3 is 5.32 Å². The molecule has 1 saturated heterocycles. The Hall–Kier alpha value is -0.580. The summed E-state index contributed by atoms with van der Waals surface area (Å²) in [5.74, 6) is 0.594. The topological polar surface area (TPSA) is 46.2 Å². The fraction of sp³-hybridized carbons (Fsp3) is 0.538. The number of benzene rings is 1. The fourth-order valence-corrected chi connectivity index (χ4v) is 4.17. The summed E-state index contributed by atoms with van der Waals surface area (Å²) in [6.45, 7) is 2.08. The molecule has 2 atom stereocenters. The van der Waals surface area contributed by atoms with E-state index in [1.54, 1.807) is 0 Å². The largest absolute Gasteiger partial charge is 0.310 e. The standard InChI is InChI=1S/C13H18ClNO2S/c1-10(8-11-2-4-12(14)5-3-11)15-13-6-7-18(16,17)9-13/h2-5,10,13,15H,6-9H2,1H3/t10-,13-/m1/s1. The maximum atomic E-state index is 11.4. The van der Waals surface area contributed by atoms with Gasteiger partial charge >= 0.3 is 0 Å². The first-order valence-corrected chi connectivity index (χ1v) is 8.35. The highest BCUT2D eigenvalue weighted by atomic mass is 35.5. The zero-order valence-corrected chi connectivity index (χ0v) is 12.0. The van der Waals surface area contributed by atoms with Crippen molar-refractivity contribution in [3.05, 3.63) is 34.9 Å². The molecule has 0 bridgehead atoms. The summed E-state index contributed by atoms with van der Waals surface area (Å²) < 4.78 is 22.7. The molecule has 0 aliphatic carbocycles. The molecule has 0 amide bonds. The third kappa shape index (κ3) is 3.97. The monoisotopic (exact) mass is 287 g/mol. The Morgan fingerprint density at radius 3 is 2.61 bits per heavy atom. The number of hydrogen-bond donors (Lipinski definition) is 1. The van der Waals surface area contributed by atoms with Crippen LogP contribution in [-0.4, -0.2) is 32.0 Å². The Labute approximate surface area is 113 Å². The van der Waals surface area contributed by atoms with Crippen molar-refractivity contribution < 1.29 is 8.42 Å². The van der Waals surface area contributed by atoms with Crippen molar-refractivity contribution in [1.82, 2.24) is 5.32 Å². The van der Waals surface area contributed by atoms with Gasteiger partial charge in [0.15, 0.2) is 9.84 Å². The molecular formula is C13H18ClNO2S. The van der Waals surface area contributed by atoms with E-state index < -0.39 is 9.84 Å². The van der Waals surface area contributed by atoms with Gasteiger partial charge in [0.25, 0.3) is 0 Å². The lowest BCUT2D eigenvalue weighted by Crippen LogP contribution is -2.38. The van der Waals surface area contributed by atoms with Gasteiger partial charge in [-0.05, 0) is 37.5 Å².